The molecule has 0 bridgehead atoms. The van der Waals surface area contributed by atoms with Crippen LogP contribution < -0.4 is 16.0 Å². The molecular weight excluding hydrogens is 584 g/mol. The fourth-order valence-corrected chi connectivity index (χ4v) is 6.82. The van der Waals surface area contributed by atoms with Crippen molar-refractivity contribution in [2.45, 2.75) is 89.8 Å². The van der Waals surface area contributed by atoms with Gasteiger partial charge in [-0.3, -0.25) is 9.59 Å². The summed E-state index contributed by atoms with van der Waals surface area (Å²) in [7, 11) is 0. The van der Waals surface area contributed by atoms with E-state index in [1.807, 2.05) is 94.4 Å². The number of unbranched alkanes of at least 4 members (excludes halogenated alkanes) is 1. The molecule has 0 saturated carbocycles. The van der Waals surface area contributed by atoms with Gasteiger partial charge in [-0.2, -0.15) is 0 Å². The van der Waals surface area contributed by atoms with Gasteiger partial charge in [0.15, 0.2) is 6.10 Å². The lowest BCUT2D eigenvalue weighted by Gasteiger charge is -2.33. The highest BCUT2D eigenvalue weighted by Gasteiger charge is 2.49. The standard InChI is InChI=1S/C36H46N4O4S/c1-6-7-14-27-18-19-29(25(3)20-27)38-35(44)39-30(21-26-15-9-8-10-16-26)31(41)34(43)40-23-45-36(4,5)32(40)33(42)37-22-28-17-12-11-13-24(28)2/h8-13,15-20,30-32,41H,6-7,14,21-23H2,1-5H3,(H,37,42)(H2,38,39,44). The predicted molar refractivity (Wildman–Crippen MR) is 182 cm³/mol. The van der Waals surface area contributed by atoms with Gasteiger partial charge in [-0.15, -0.1) is 11.8 Å². The summed E-state index contributed by atoms with van der Waals surface area (Å²) in [6, 6.07) is 21.0. The maximum Gasteiger partial charge on any atom is 0.319 e. The lowest BCUT2D eigenvalue weighted by molar-refractivity contribution is -0.147. The Morgan fingerprint density at radius 1 is 0.978 bits per heavy atom. The summed E-state index contributed by atoms with van der Waals surface area (Å²) < 4.78 is -0.578. The van der Waals surface area contributed by atoms with E-state index in [4.69, 9.17) is 0 Å². The van der Waals surface area contributed by atoms with E-state index in [1.54, 1.807) is 0 Å². The van der Waals surface area contributed by atoms with Gasteiger partial charge in [0.2, 0.25) is 5.91 Å². The number of hydrogen-bond acceptors (Lipinski definition) is 5. The smallest absolute Gasteiger partial charge is 0.319 e. The second kappa shape index (κ2) is 15.5. The maximum atomic E-state index is 13.9. The van der Waals surface area contributed by atoms with Gasteiger partial charge in [0.05, 0.1) is 11.9 Å². The van der Waals surface area contributed by atoms with Crippen LogP contribution in [0, 0.1) is 13.8 Å². The number of thioether (sulfide) groups is 1. The predicted octanol–water partition coefficient (Wildman–Crippen LogP) is 5.74. The van der Waals surface area contributed by atoms with Crippen molar-refractivity contribution >= 4 is 35.3 Å². The molecule has 8 nitrogen and oxygen atoms in total. The molecule has 4 N–H and O–H groups in total. The van der Waals surface area contributed by atoms with Crippen molar-refractivity contribution in [3.63, 3.8) is 0 Å². The van der Waals surface area contributed by atoms with Crippen LogP contribution in [0.2, 0.25) is 0 Å². The molecule has 4 rings (SSSR count). The number of carbonyl (C=O) groups is 3. The van der Waals surface area contributed by atoms with Crippen LogP contribution >= 0.6 is 11.8 Å². The Bertz CT molecular complexity index is 1480. The summed E-state index contributed by atoms with van der Waals surface area (Å²) in [5, 5.41) is 20.3. The fourth-order valence-electron chi connectivity index (χ4n) is 5.68. The van der Waals surface area contributed by atoms with E-state index in [1.165, 1.54) is 22.2 Å². The second-order valence-electron chi connectivity index (χ2n) is 12.3. The highest BCUT2D eigenvalue weighted by Crippen LogP contribution is 2.40. The number of hydrogen-bond donors (Lipinski definition) is 4. The molecule has 240 valence electrons. The first-order valence-electron chi connectivity index (χ1n) is 15.7. The Morgan fingerprint density at radius 2 is 1.69 bits per heavy atom. The van der Waals surface area contributed by atoms with Crippen molar-refractivity contribution in [2.75, 3.05) is 11.2 Å². The molecule has 3 atom stereocenters. The lowest BCUT2D eigenvalue weighted by atomic mass is 9.97. The van der Waals surface area contributed by atoms with Crippen LogP contribution in [0.5, 0.6) is 0 Å². The van der Waals surface area contributed by atoms with Crippen molar-refractivity contribution in [1.82, 2.24) is 15.5 Å². The number of urea groups is 1. The molecule has 1 aliphatic heterocycles. The van der Waals surface area contributed by atoms with Crippen LogP contribution in [0.15, 0.2) is 72.8 Å². The Kier molecular flexibility index (Phi) is 11.7. The number of anilines is 1. The summed E-state index contributed by atoms with van der Waals surface area (Å²) in [6.45, 7) is 10.3. The van der Waals surface area contributed by atoms with Crippen molar-refractivity contribution in [3.8, 4) is 0 Å². The van der Waals surface area contributed by atoms with Crippen molar-refractivity contribution < 1.29 is 19.5 Å². The highest BCUT2D eigenvalue weighted by atomic mass is 32.2. The van der Waals surface area contributed by atoms with E-state index < -0.39 is 34.9 Å². The number of carbonyl (C=O) groups excluding carboxylic acids is 3. The summed E-state index contributed by atoms with van der Waals surface area (Å²) in [5.74, 6) is -0.627. The van der Waals surface area contributed by atoms with Gasteiger partial charge in [-0.05, 0) is 80.8 Å². The Hall–Kier alpha value is -3.82. The van der Waals surface area contributed by atoms with E-state index in [-0.39, 0.29) is 18.2 Å². The number of rotatable bonds is 12. The molecule has 1 fully saturated rings. The maximum absolute atomic E-state index is 13.9. The first-order valence-corrected chi connectivity index (χ1v) is 16.6. The number of nitrogens with zero attached hydrogens (tertiary/aromatic N) is 1. The fraction of sp³-hybridized carbons (Fsp3) is 0.417. The van der Waals surface area contributed by atoms with E-state index in [9.17, 15) is 19.5 Å². The molecule has 3 aromatic carbocycles. The molecule has 3 unspecified atom stereocenters. The quantitative estimate of drug-likeness (QED) is 0.204. The largest absolute Gasteiger partial charge is 0.381 e. The molecule has 0 aliphatic carbocycles. The van der Waals surface area contributed by atoms with Gasteiger partial charge < -0.3 is 26.0 Å². The minimum Gasteiger partial charge on any atom is -0.381 e. The molecule has 1 heterocycles. The SMILES string of the molecule is CCCCc1ccc(NC(=O)NC(Cc2ccccc2)C(O)C(=O)N2CSC(C)(C)C2C(=O)NCc2ccccc2C)c(C)c1. The van der Waals surface area contributed by atoms with Gasteiger partial charge in [0, 0.05) is 17.0 Å². The zero-order valence-electron chi connectivity index (χ0n) is 26.9. The summed E-state index contributed by atoms with van der Waals surface area (Å²) >= 11 is 1.49. The third-order valence-corrected chi connectivity index (χ3v) is 9.77. The van der Waals surface area contributed by atoms with Gasteiger partial charge in [0.1, 0.15) is 6.04 Å². The van der Waals surface area contributed by atoms with Gasteiger partial charge in [0.25, 0.3) is 5.91 Å². The summed E-state index contributed by atoms with van der Waals surface area (Å²) in [5.41, 5.74) is 5.73. The first kappa shape index (κ1) is 34.1. The normalized spacial score (nSPS) is 16.9. The third-order valence-electron chi connectivity index (χ3n) is 8.40. The van der Waals surface area contributed by atoms with Crippen LogP contribution in [0.3, 0.4) is 0 Å². The third kappa shape index (κ3) is 8.89. The first-order chi connectivity index (χ1) is 21.5. The van der Waals surface area contributed by atoms with Crippen molar-refractivity contribution in [1.29, 1.82) is 0 Å². The Labute approximate surface area is 271 Å². The number of benzene rings is 3. The number of aliphatic hydroxyl groups excluding tert-OH is 1. The summed E-state index contributed by atoms with van der Waals surface area (Å²) in [6.07, 6.45) is 1.84. The lowest BCUT2D eigenvalue weighted by Crippen LogP contribution is -2.59. The minimum atomic E-state index is -1.57. The zero-order valence-corrected chi connectivity index (χ0v) is 27.7. The molecular formula is C36H46N4O4S. The van der Waals surface area contributed by atoms with Crippen LogP contribution in [0.25, 0.3) is 0 Å². The molecule has 4 amide bonds. The average Bonchev–Trinajstić information content (AvgIpc) is 3.34. The van der Waals surface area contributed by atoms with E-state index >= 15 is 0 Å². The Morgan fingerprint density at radius 3 is 2.38 bits per heavy atom. The van der Waals surface area contributed by atoms with Gasteiger partial charge in [-0.25, -0.2) is 4.79 Å². The zero-order chi connectivity index (χ0) is 32.6. The van der Waals surface area contributed by atoms with Crippen LogP contribution in [-0.4, -0.2) is 56.7 Å². The van der Waals surface area contributed by atoms with E-state index in [0.29, 0.717) is 12.2 Å². The van der Waals surface area contributed by atoms with Gasteiger partial charge in [-0.1, -0.05) is 80.1 Å². The van der Waals surface area contributed by atoms with E-state index in [2.05, 4.69) is 28.9 Å². The molecule has 9 heteroatoms. The second-order valence-corrected chi connectivity index (χ2v) is 13.9. The molecule has 0 aromatic heterocycles. The Balaban J connectivity index is 1.50. The minimum absolute atomic E-state index is 0.227. The molecule has 0 radical (unpaired) electrons. The van der Waals surface area contributed by atoms with Crippen LogP contribution in [0.4, 0.5) is 10.5 Å². The molecule has 1 aliphatic rings. The molecule has 45 heavy (non-hydrogen) atoms. The number of amides is 4. The molecule has 0 spiro atoms. The van der Waals surface area contributed by atoms with Crippen molar-refractivity contribution in [3.05, 3.63) is 101 Å². The van der Waals surface area contributed by atoms with Crippen LogP contribution in [-0.2, 0) is 29.0 Å². The van der Waals surface area contributed by atoms with E-state index in [0.717, 1.165) is 41.5 Å². The number of nitrogens with one attached hydrogen (secondary N) is 3. The number of aryl methyl sites for hydroxylation is 3. The monoisotopic (exact) mass is 630 g/mol. The average molecular weight is 631 g/mol. The van der Waals surface area contributed by atoms with Crippen LogP contribution in [0.1, 0.15) is 61.4 Å². The van der Waals surface area contributed by atoms with Crippen molar-refractivity contribution in [2.24, 2.45) is 0 Å². The topological polar surface area (TPSA) is 111 Å². The van der Waals surface area contributed by atoms with Gasteiger partial charge >= 0.3 is 6.03 Å². The molecule has 3 aromatic rings. The highest BCUT2D eigenvalue weighted by molar-refractivity contribution is 8.00. The summed E-state index contributed by atoms with van der Waals surface area (Å²) in [4.78, 5) is 42.2. The number of aliphatic hydroxyl groups is 1. The molecule has 1 saturated heterocycles.